The molecule has 17 heavy (non-hydrogen) atoms. The highest BCUT2D eigenvalue weighted by molar-refractivity contribution is 5.95. The van der Waals surface area contributed by atoms with Gasteiger partial charge in [-0.15, -0.1) is 0 Å². The zero-order chi connectivity index (χ0) is 12.8. The van der Waals surface area contributed by atoms with Gasteiger partial charge < -0.3 is 4.90 Å². The van der Waals surface area contributed by atoms with Gasteiger partial charge in [0.1, 0.15) is 0 Å². The average Bonchev–Trinajstić information content (AvgIpc) is 2.71. The van der Waals surface area contributed by atoms with Crippen LogP contribution in [0.15, 0.2) is 6.20 Å². The van der Waals surface area contributed by atoms with E-state index in [4.69, 9.17) is 5.26 Å². The van der Waals surface area contributed by atoms with E-state index in [1.165, 1.54) is 0 Å². The number of aromatic nitrogens is 2. The Hall–Kier alpha value is -1.83. The fourth-order valence-electron chi connectivity index (χ4n) is 1.73. The quantitative estimate of drug-likeness (QED) is 0.772. The molecule has 1 amide bonds. The lowest BCUT2D eigenvalue weighted by molar-refractivity contribution is 0.0766. The number of hydrogen-bond donors (Lipinski definition) is 0. The van der Waals surface area contributed by atoms with Gasteiger partial charge in [0.15, 0.2) is 0 Å². The first-order chi connectivity index (χ1) is 8.13. The van der Waals surface area contributed by atoms with Crippen LogP contribution >= 0.6 is 0 Å². The molecule has 1 rings (SSSR count). The van der Waals surface area contributed by atoms with E-state index in [2.05, 4.69) is 11.2 Å². The third kappa shape index (κ3) is 3.06. The number of carbonyl (C=O) groups is 1. The predicted octanol–water partition coefficient (Wildman–Crippen LogP) is 1.36. The van der Waals surface area contributed by atoms with Gasteiger partial charge in [0.2, 0.25) is 0 Å². The Labute approximate surface area is 102 Å². The zero-order valence-electron chi connectivity index (χ0n) is 10.6. The van der Waals surface area contributed by atoms with Gasteiger partial charge in [-0.1, -0.05) is 6.92 Å². The summed E-state index contributed by atoms with van der Waals surface area (Å²) in [6.07, 6.45) is 2.84. The van der Waals surface area contributed by atoms with Crippen LogP contribution in [0.3, 0.4) is 0 Å². The highest BCUT2D eigenvalue weighted by atomic mass is 16.2. The first-order valence-electron chi connectivity index (χ1n) is 5.82. The number of nitriles is 1. The van der Waals surface area contributed by atoms with Crippen molar-refractivity contribution < 1.29 is 4.79 Å². The minimum Gasteiger partial charge on any atom is -0.338 e. The van der Waals surface area contributed by atoms with Crippen LogP contribution in [0.5, 0.6) is 0 Å². The standard InChI is InChI=1S/C12H18N4O/c1-4-11-10(9-15(3)14-11)12(17)16(5-2)8-6-7-13/h9H,4-6,8H2,1-3H3. The molecular formula is C12H18N4O. The molecule has 92 valence electrons. The van der Waals surface area contributed by atoms with E-state index in [0.29, 0.717) is 25.1 Å². The van der Waals surface area contributed by atoms with E-state index in [9.17, 15) is 4.79 Å². The van der Waals surface area contributed by atoms with E-state index < -0.39 is 0 Å². The Balaban J connectivity index is 2.89. The maximum Gasteiger partial charge on any atom is 0.257 e. The Morgan fingerprint density at radius 1 is 1.59 bits per heavy atom. The molecule has 0 spiro atoms. The number of carbonyl (C=O) groups excluding carboxylic acids is 1. The van der Waals surface area contributed by atoms with Gasteiger partial charge >= 0.3 is 0 Å². The van der Waals surface area contributed by atoms with Crippen LogP contribution in [0.1, 0.15) is 36.3 Å². The molecule has 1 aromatic heterocycles. The lowest BCUT2D eigenvalue weighted by atomic mass is 10.2. The molecule has 0 saturated heterocycles. The molecule has 0 bridgehead atoms. The maximum atomic E-state index is 12.2. The van der Waals surface area contributed by atoms with Crippen molar-refractivity contribution in [2.24, 2.45) is 7.05 Å². The molecule has 5 nitrogen and oxygen atoms in total. The summed E-state index contributed by atoms with van der Waals surface area (Å²) in [6.45, 7) is 4.98. The van der Waals surface area contributed by atoms with Crippen LogP contribution in [0.4, 0.5) is 0 Å². The Morgan fingerprint density at radius 2 is 2.29 bits per heavy atom. The number of hydrogen-bond acceptors (Lipinski definition) is 3. The smallest absolute Gasteiger partial charge is 0.257 e. The highest BCUT2D eigenvalue weighted by Crippen LogP contribution is 2.11. The summed E-state index contributed by atoms with van der Waals surface area (Å²) in [6, 6.07) is 2.06. The third-order valence-corrected chi connectivity index (χ3v) is 2.63. The van der Waals surface area contributed by atoms with Gasteiger partial charge in [-0.05, 0) is 13.3 Å². The van der Waals surface area contributed by atoms with Crippen molar-refractivity contribution >= 4 is 5.91 Å². The third-order valence-electron chi connectivity index (χ3n) is 2.63. The van der Waals surface area contributed by atoms with Crippen LogP contribution in [0.2, 0.25) is 0 Å². The fourth-order valence-corrected chi connectivity index (χ4v) is 1.73. The van der Waals surface area contributed by atoms with E-state index in [1.54, 1.807) is 15.8 Å². The minimum atomic E-state index is -0.0345. The molecule has 0 radical (unpaired) electrons. The van der Waals surface area contributed by atoms with Gasteiger partial charge in [0, 0.05) is 26.3 Å². The van der Waals surface area contributed by atoms with E-state index in [-0.39, 0.29) is 5.91 Å². The molecule has 0 atom stereocenters. The maximum absolute atomic E-state index is 12.2. The van der Waals surface area contributed by atoms with Crippen molar-refractivity contribution in [1.29, 1.82) is 5.26 Å². The number of nitrogens with zero attached hydrogens (tertiary/aromatic N) is 4. The Bertz CT molecular complexity index is 430. The molecule has 0 aliphatic heterocycles. The molecule has 0 saturated carbocycles. The summed E-state index contributed by atoms with van der Waals surface area (Å²) in [7, 11) is 1.81. The Morgan fingerprint density at radius 3 is 2.82 bits per heavy atom. The SMILES string of the molecule is CCc1nn(C)cc1C(=O)N(CC)CCC#N. The molecule has 0 unspecified atom stereocenters. The Kier molecular flexibility index (Phi) is 4.70. The minimum absolute atomic E-state index is 0.0345. The molecule has 0 aliphatic rings. The molecule has 0 fully saturated rings. The summed E-state index contributed by atoms with van der Waals surface area (Å²) in [4.78, 5) is 13.9. The van der Waals surface area contributed by atoms with E-state index >= 15 is 0 Å². The topological polar surface area (TPSA) is 61.9 Å². The van der Waals surface area contributed by atoms with Crippen LogP contribution in [0.25, 0.3) is 0 Å². The van der Waals surface area contributed by atoms with E-state index in [1.807, 2.05) is 20.9 Å². The fraction of sp³-hybridized carbons (Fsp3) is 0.583. The first-order valence-corrected chi connectivity index (χ1v) is 5.82. The number of rotatable bonds is 5. The van der Waals surface area contributed by atoms with E-state index in [0.717, 1.165) is 12.1 Å². The number of amides is 1. The molecule has 1 aromatic rings. The second kappa shape index (κ2) is 6.04. The van der Waals surface area contributed by atoms with Gasteiger partial charge in [-0.2, -0.15) is 10.4 Å². The van der Waals surface area contributed by atoms with Crippen LogP contribution in [0, 0.1) is 11.3 Å². The molecule has 0 aromatic carbocycles. The highest BCUT2D eigenvalue weighted by Gasteiger charge is 2.19. The lowest BCUT2D eigenvalue weighted by Gasteiger charge is -2.19. The summed E-state index contributed by atoms with van der Waals surface area (Å²) in [5, 5.41) is 12.8. The van der Waals surface area contributed by atoms with Crippen LogP contribution in [-0.2, 0) is 13.5 Å². The van der Waals surface area contributed by atoms with Crippen molar-refractivity contribution in [3.05, 3.63) is 17.5 Å². The second-order valence-electron chi connectivity index (χ2n) is 3.81. The normalized spacial score (nSPS) is 10.0. The van der Waals surface area contributed by atoms with Gasteiger partial charge in [0.25, 0.3) is 5.91 Å². The van der Waals surface area contributed by atoms with Crippen molar-refractivity contribution in [2.75, 3.05) is 13.1 Å². The molecular weight excluding hydrogens is 216 g/mol. The summed E-state index contributed by atoms with van der Waals surface area (Å²) >= 11 is 0. The molecule has 1 heterocycles. The predicted molar refractivity (Wildman–Crippen MR) is 64.4 cm³/mol. The first kappa shape index (κ1) is 13.2. The monoisotopic (exact) mass is 234 g/mol. The largest absolute Gasteiger partial charge is 0.338 e. The summed E-state index contributed by atoms with van der Waals surface area (Å²) < 4.78 is 1.66. The molecule has 0 aliphatic carbocycles. The lowest BCUT2D eigenvalue weighted by Crippen LogP contribution is -2.32. The van der Waals surface area contributed by atoms with Gasteiger partial charge in [-0.3, -0.25) is 9.48 Å². The summed E-state index contributed by atoms with van der Waals surface area (Å²) in [5.41, 5.74) is 1.46. The number of aryl methyl sites for hydroxylation is 2. The van der Waals surface area contributed by atoms with Crippen molar-refractivity contribution in [2.45, 2.75) is 26.7 Å². The van der Waals surface area contributed by atoms with Crippen molar-refractivity contribution in [1.82, 2.24) is 14.7 Å². The van der Waals surface area contributed by atoms with Gasteiger partial charge in [-0.25, -0.2) is 0 Å². The second-order valence-corrected chi connectivity index (χ2v) is 3.81. The van der Waals surface area contributed by atoms with Gasteiger partial charge in [0.05, 0.1) is 23.7 Å². The molecule has 5 heteroatoms. The van der Waals surface area contributed by atoms with Crippen LogP contribution in [-0.4, -0.2) is 33.7 Å². The summed E-state index contributed by atoms with van der Waals surface area (Å²) in [5.74, 6) is -0.0345. The average molecular weight is 234 g/mol. The van der Waals surface area contributed by atoms with Crippen LogP contribution < -0.4 is 0 Å². The zero-order valence-corrected chi connectivity index (χ0v) is 10.6. The van der Waals surface area contributed by atoms with Crippen molar-refractivity contribution in [3.8, 4) is 6.07 Å². The molecule has 0 N–H and O–H groups in total. The van der Waals surface area contributed by atoms with Crippen molar-refractivity contribution in [3.63, 3.8) is 0 Å².